The molecule has 1 aliphatic rings. The maximum atomic E-state index is 11.0. The van der Waals surface area contributed by atoms with Crippen LogP contribution in [0.1, 0.15) is 20.3 Å². The summed E-state index contributed by atoms with van der Waals surface area (Å²) in [5.74, 6) is 0.938. The molecular formula is C8H15NO2S. The average Bonchev–Trinajstić information content (AvgIpc) is 2.35. The highest BCUT2D eigenvalue weighted by Crippen LogP contribution is 2.28. The lowest BCUT2D eigenvalue weighted by Gasteiger charge is -2.26. The van der Waals surface area contributed by atoms with Crippen LogP contribution < -0.4 is 5.32 Å². The topological polar surface area (TPSA) is 49.3 Å². The van der Waals surface area contributed by atoms with Crippen LogP contribution in [0, 0.1) is 0 Å². The third-order valence-corrected chi connectivity index (χ3v) is 3.19. The summed E-state index contributed by atoms with van der Waals surface area (Å²) in [4.78, 5) is 11.0. The number of carboxylic acid groups (broad SMARTS) is 1. The van der Waals surface area contributed by atoms with E-state index in [4.69, 9.17) is 5.11 Å². The van der Waals surface area contributed by atoms with E-state index < -0.39 is 11.5 Å². The Labute approximate surface area is 76.9 Å². The Kier molecular flexibility index (Phi) is 3.01. The fourth-order valence-corrected chi connectivity index (χ4v) is 2.80. The van der Waals surface area contributed by atoms with Crippen LogP contribution in [0.2, 0.25) is 0 Å². The lowest BCUT2D eigenvalue weighted by atomic mass is 9.98. The first-order chi connectivity index (χ1) is 5.57. The van der Waals surface area contributed by atoms with E-state index in [1.54, 1.807) is 11.8 Å². The summed E-state index contributed by atoms with van der Waals surface area (Å²) in [6, 6.07) is 0.236. The van der Waals surface area contributed by atoms with Crippen molar-refractivity contribution in [2.45, 2.75) is 31.8 Å². The molecule has 1 unspecified atom stereocenters. The summed E-state index contributed by atoms with van der Waals surface area (Å²) in [5.41, 5.74) is -0.654. The summed E-state index contributed by atoms with van der Waals surface area (Å²) in [7, 11) is 0. The predicted molar refractivity (Wildman–Crippen MR) is 50.6 cm³/mol. The Morgan fingerprint density at radius 3 is 2.67 bits per heavy atom. The Balaban J connectivity index is 2.65. The minimum absolute atomic E-state index is 0.236. The van der Waals surface area contributed by atoms with E-state index in [1.807, 2.05) is 13.8 Å². The normalized spacial score (nSPS) is 29.6. The van der Waals surface area contributed by atoms with Gasteiger partial charge in [-0.05, 0) is 26.0 Å². The van der Waals surface area contributed by atoms with Crippen LogP contribution in [0.15, 0.2) is 0 Å². The molecule has 0 saturated carbocycles. The first-order valence-electron chi connectivity index (χ1n) is 4.16. The van der Waals surface area contributed by atoms with E-state index in [0.29, 0.717) is 5.75 Å². The van der Waals surface area contributed by atoms with Gasteiger partial charge in [-0.15, -0.1) is 0 Å². The SMILES string of the molecule is CC(C)NC1(C(=O)O)CCSC1. The Morgan fingerprint density at radius 2 is 2.33 bits per heavy atom. The van der Waals surface area contributed by atoms with Crippen molar-refractivity contribution in [1.29, 1.82) is 0 Å². The summed E-state index contributed by atoms with van der Waals surface area (Å²) < 4.78 is 0. The van der Waals surface area contributed by atoms with Crippen LogP contribution >= 0.6 is 11.8 Å². The van der Waals surface area contributed by atoms with E-state index in [0.717, 1.165) is 12.2 Å². The minimum atomic E-state index is -0.707. The number of carbonyl (C=O) groups is 1. The van der Waals surface area contributed by atoms with Crippen LogP contribution in [-0.4, -0.2) is 34.2 Å². The number of hydrogen-bond donors (Lipinski definition) is 2. The number of rotatable bonds is 3. The zero-order valence-electron chi connectivity index (χ0n) is 7.46. The Bertz CT molecular complexity index is 176. The van der Waals surface area contributed by atoms with Crippen LogP contribution in [0.4, 0.5) is 0 Å². The molecule has 0 aromatic rings. The van der Waals surface area contributed by atoms with Gasteiger partial charge in [-0.2, -0.15) is 11.8 Å². The largest absolute Gasteiger partial charge is 0.480 e. The van der Waals surface area contributed by atoms with Gasteiger partial charge in [0.1, 0.15) is 5.54 Å². The van der Waals surface area contributed by atoms with Crippen molar-refractivity contribution in [2.75, 3.05) is 11.5 Å². The number of aliphatic carboxylic acids is 1. The minimum Gasteiger partial charge on any atom is -0.480 e. The third-order valence-electron chi connectivity index (χ3n) is 2.00. The average molecular weight is 189 g/mol. The van der Waals surface area contributed by atoms with Gasteiger partial charge in [-0.3, -0.25) is 10.1 Å². The first-order valence-corrected chi connectivity index (χ1v) is 5.31. The van der Waals surface area contributed by atoms with Crippen molar-refractivity contribution in [3.63, 3.8) is 0 Å². The molecule has 0 aromatic heterocycles. The van der Waals surface area contributed by atoms with Gasteiger partial charge >= 0.3 is 5.97 Å². The predicted octanol–water partition coefficient (Wildman–Crippen LogP) is 0.945. The monoisotopic (exact) mass is 189 g/mol. The molecule has 0 aromatic carbocycles. The second-order valence-electron chi connectivity index (χ2n) is 3.49. The Hall–Kier alpha value is -0.220. The summed E-state index contributed by atoms with van der Waals surface area (Å²) in [6.07, 6.45) is 0.741. The molecule has 0 amide bonds. The fourth-order valence-electron chi connectivity index (χ4n) is 1.46. The molecule has 0 spiro atoms. The molecule has 0 radical (unpaired) electrons. The van der Waals surface area contributed by atoms with Gasteiger partial charge in [-0.25, -0.2) is 0 Å². The second kappa shape index (κ2) is 3.66. The van der Waals surface area contributed by atoms with Gasteiger partial charge in [0.05, 0.1) is 0 Å². The van der Waals surface area contributed by atoms with Crippen LogP contribution in [0.25, 0.3) is 0 Å². The van der Waals surface area contributed by atoms with Crippen molar-refractivity contribution < 1.29 is 9.90 Å². The maximum absolute atomic E-state index is 11.0. The van der Waals surface area contributed by atoms with Crippen molar-refractivity contribution in [1.82, 2.24) is 5.32 Å². The van der Waals surface area contributed by atoms with E-state index in [-0.39, 0.29) is 6.04 Å². The number of thioether (sulfide) groups is 1. The van der Waals surface area contributed by atoms with Gasteiger partial charge in [0, 0.05) is 11.8 Å². The third kappa shape index (κ3) is 1.93. The van der Waals surface area contributed by atoms with Crippen molar-refractivity contribution in [3.8, 4) is 0 Å². The molecular weight excluding hydrogens is 174 g/mol. The zero-order chi connectivity index (χ0) is 9.19. The van der Waals surface area contributed by atoms with Gasteiger partial charge in [0.15, 0.2) is 0 Å². The summed E-state index contributed by atoms with van der Waals surface area (Å²) in [5, 5.41) is 12.2. The molecule has 70 valence electrons. The highest BCUT2D eigenvalue weighted by molar-refractivity contribution is 7.99. The molecule has 1 fully saturated rings. The number of nitrogens with one attached hydrogen (secondary N) is 1. The van der Waals surface area contributed by atoms with Crippen LogP contribution in [0.5, 0.6) is 0 Å². The van der Waals surface area contributed by atoms with Gasteiger partial charge < -0.3 is 5.11 Å². The highest BCUT2D eigenvalue weighted by atomic mass is 32.2. The van der Waals surface area contributed by atoms with Crippen molar-refractivity contribution in [3.05, 3.63) is 0 Å². The van der Waals surface area contributed by atoms with E-state index in [1.165, 1.54) is 0 Å². The van der Waals surface area contributed by atoms with Crippen LogP contribution in [-0.2, 0) is 4.79 Å². The molecule has 2 N–H and O–H groups in total. The van der Waals surface area contributed by atoms with Crippen molar-refractivity contribution in [2.24, 2.45) is 0 Å². The molecule has 4 heteroatoms. The highest BCUT2D eigenvalue weighted by Gasteiger charge is 2.41. The number of carboxylic acids is 1. The molecule has 12 heavy (non-hydrogen) atoms. The van der Waals surface area contributed by atoms with E-state index >= 15 is 0 Å². The summed E-state index contributed by atoms with van der Waals surface area (Å²) >= 11 is 1.71. The maximum Gasteiger partial charge on any atom is 0.324 e. The quantitative estimate of drug-likeness (QED) is 0.694. The fraction of sp³-hybridized carbons (Fsp3) is 0.875. The molecule has 0 aliphatic carbocycles. The molecule has 3 nitrogen and oxygen atoms in total. The lowest BCUT2D eigenvalue weighted by molar-refractivity contribution is -0.144. The summed E-state index contributed by atoms with van der Waals surface area (Å²) in [6.45, 7) is 3.96. The second-order valence-corrected chi connectivity index (χ2v) is 4.59. The van der Waals surface area contributed by atoms with Gasteiger partial charge in [-0.1, -0.05) is 0 Å². The molecule has 1 saturated heterocycles. The van der Waals surface area contributed by atoms with Gasteiger partial charge in [0.25, 0.3) is 0 Å². The van der Waals surface area contributed by atoms with Crippen LogP contribution in [0.3, 0.4) is 0 Å². The molecule has 0 bridgehead atoms. The first kappa shape index (κ1) is 9.86. The van der Waals surface area contributed by atoms with E-state index in [9.17, 15) is 4.79 Å². The van der Waals surface area contributed by atoms with Crippen molar-refractivity contribution >= 4 is 17.7 Å². The zero-order valence-corrected chi connectivity index (χ0v) is 8.28. The molecule has 1 atom stereocenters. The molecule has 1 heterocycles. The number of hydrogen-bond acceptors (Lipinski definition) is 3. The van der Waals surface area contributed by atoms with E-state index in [2.05, 4.69) is 5.32 Å². The standard InChI is InChI=1S/C8H15NO2S/c1-6(2)9-8(7(10)11)3-4-12-5-8/h6,9H,3-5H2,1-2H3,(H,10,11). The Morgan fingerprint density at radius 1 is 1.67 bits per heavy atom. The molecule has 1 rings (SSSR count). The van der Waals surface area contributed by atoms with Gasteiger partial charge in [0.2, 0.25) is 0 Å². The smallest absolute Gasteiger partial charge is 0.324 e. The lowest BCUT2D eigenvalue weighted by Crippen LogP contribution is -2.54. The molecule has 1 aliphatic heterocycles.